The van der Waals surface area contributed by atoms with Crippen LogP contribution in [0.1, 0.15) is 24.5 Å². The second-order valence-corrected chi connectivity index (χ2v) is 5.05. The van der Waals surface area contributed by atoms with Gasteiger partial charge in [0.1, 0.15) is 5.82 Å². The lowest BCUT2D eigenvalue weighted by Crippen LogP contribution is -2.16. The van der Waals surface area contributed by atoms with E-state index >= 15 is 0 Å². The van der Waals surface area contributed by atoms with Gasteiger partial charge < -0.3 is 10.5 Å². The predicted octanol–water partition coefficient (Wildman–Crippen LogP) is 3.36. The maximum absolute atomic E-state index is 13.0. The molecule has 1 fully saturated rings. The molecule has 0 atom stereocenters. The minimum Gasteiger partial charge on any atom is -0.397 e. The zero-order chi connectivity index (χ0) is 13.9. The molecule has 1 aromatic heterocycles. The number of ether oxygens (including phenoxy) is 1. The highest BCUT2D eigenvalue weighted by Gasteiger charge is 2.21. The van der Waals surface area contributed by atoms with Gasteiger partial charge in [-0.25, -0.2) is 4.39 Å². The van der Waals surface area contributed by atoms with E-state index in [2.05, 4.69) is 4.98 Å². The zero-order valence-corrected chi connectivity index (χ0v) is 11.2. The van der Waals surface area contributed by atoms with E-state index in [1.54, 1.807) is 18.3 Å². The fraction of sp³-hybridized carbons (Fsp3) is 0.312. The van der Waals surface area contributed by atoms with Crippen LogP contribution in [-0.2, 0) is 4.74 Å². The Morgan fingerprint density at radius 2 is 1.80 bits per heavy atom. The van der Waals surface area contributed by atoms with E-state index in [1.807, 2.05) is 6.07 Å². The quantitative estimate of drug-likeness (QED) is 0.911. The number of aromatic nitrogens is 1. The van der Waals surface area contributed by atoms with Gasteiger partial charge in [-0.05, 0) is 36.6 Å². The maximum Gasteiger partial charge on any atom is 0.123 e. The molecule has 104 valence electrons. The number of nitrogens with zero attached hydrogens (tertiary/aromatic N) is 1. The van der Waals surface area contributed by atoms with Crippen LogP contribution in [0.3, 0.4) is 0 Å². The first-order valence-electron chi connectivity index (χ1n) is 6.84. The van der Waals surface area contributed by atoms with Crippen LogP contribution in [0.2, 0.25) is 0 Å². The van der Waals surface area contributed by atoms with Gasteiger partial charge in [-0.15, -0.1) is 0 Å². The van der Waals surface area contributed by atoms with E-state index in [1.165, 1.54) is 12.1 Å². The fourth-order valence-electron chi connectivity index (χ4n) is 2.67. The van der Waals surface area contributed by atoms with Crippen molar-refractivity contribution in [3.8, 4) is 11.1 Å². The Morgan fingerprint density at radius 3 is 2.50 bits per heavy atom. The Hall–Kier alpha value is -1.94. The molecule has 3 rings (SSSR count). The minimum atomic E-state index is -0.244. The van der Waals surface area contributed by atoms with Crippen molar-refractivity contribution in [3.63, 3.8) is 0 Å². The number of pyridine rings is 1. The summed E-state index contributed by atoms with van der Waals surface area (Å²) in [5, 5.41) is 0. The molecule has 0 amide bonds. The van der Waals surface area contributed by atoms with Gasteiger partial charge in [0.05, 0.1) is 11.4 Å². The molecule has 2 aromatic rings. The summed E-state index contributed by atoms with van der Waals surface area (Å²) in [5.74, 6) is 0.107. The van der Waals surface area contributed by atoms with Gasteiger partial charge in [-0.2, -0.15) is 0 Å². The highest BCUT2D eigenvalue weighted by atomic mass is 19.1. The largest absolute Gasteiger partial charge is 0.397 e. The summed E-state index contributed by atoms with van der Waals surface area (Å²) in [6, 6.07) is 8.27. The van der Waals surface area contributed by atoms with Crippen LogP contribution in [0.25, 0.3) is 11.1 Å². The van der Waals surface area contributed by atoms with Crippen molar-refractivity contribution >= 4 is 5.69 Å². The first-order chi connectivity index (χ1) is 9.75. The SMILES string of the molecule is Nc1c(-c2ccc(F)cc2)ccnc1C1CCOCC1. The van der Waals surface area contributed by atoms with Crippen LogP contribution in [-0.4, -0.2) is 18.2 Å². The lowest BCUT2D eigenvalue weighted by Gasteiger charge is -2.23. The molecule has 1 aliphatic rings. The molecule has 2 heterocycles. The van der Waals surface area contributed by atoms with E-state index in [0.717, 1.165) is 42.9 Å². The molecule has 1 aromatic carbocycles. The monoisotopic (exact) mass is 272 g/mol. The fourth-order valence-corrected chi connectivity index (χ4v) is 2.67. The predicted molar refractivity (Wildman–Crippen MR) is 76.8 cm³/mol. The molecule has 0 spiro atoms. The Labute approximate surface area is 117 Å². The van der Waals surface area contributed by atoms with Crippen molar-refractivity contribution in [2.24, 2.45) is 0 Å². The second kappa shape index (κ2) is 5.59. The normalized spacial score (nSPS) is 16.2. The average molecular weight is 272 g/mol. The summed E-state index contributed by atoms with van der Waals surface area (Å²) < 4.78 is 18.4. The topological polar surface area (TPSA) is 48.1 Å². The van der Waals surface area contributed by atoms with Crippen LogP contribution in [0, 0.1) is 5.82 Å². The van der Waals surface area contributed by atoms with E-state index in [9.17, 15) is 4.39 Å². The number of hydrogen-bond donors (Lipinski definition) is 1. The van der Waals surface area contributed by atoms with Crippen molar-refractivity contribution in [2.45, 2.75) is 18.8 Å². The number of nitrogens with two attached hydrogens (primary N) is 1. The summed E-state index contributed by atoms with van der Waals surface area (Å²) in [4.78, 5) is 4.45. The molecule has 1 saturated heterocycles. The first-order valence-corrected chi connectivity index (χ1v) is 6.84. The molecule has 2 N–H and O–H groups in total. The molecule has 4 heteroatoms. The van der Waals surface area contributed by atoms with Crippen molar-refractivity contribution < 1.29 is 9.13 Å². The first kappa shape index (κ1) is 13.1. The lowest BCUT2D eigenvalue weighted by molar-refractivity contribution is 0.0846. The van der Waals surface area contributed by atoms with Crippen molar-refractivity contribution in [1.29, 1.82) is 0 Å². The third-order valence-electron chi connectivity index (χ3n) is 3.78. The molecule has 20 heavy (non-hydrogen) atoms. The molecule has 1 aliphatic heterocycles. The molecule has 0 unspecified atom stereocenters. The third-order valence-corrected chi connectivity index (χ3v) is 3.78. The summed E-state index contributed by atoms with van der Waals surface area (Å²) >= 11 is 0. The molecule has 0 saturated carbocycles. The molecule has 0 aliphatic carbocycles. The Morgan fingerprint density at radius 1 is 1.10 bits per heavy atom. The van der Waals surface area contributed by atoms with Gasteiger partial charge in [-0.1, -0.05) is 12.1 Å². The number of anilines is 1. The lowest BCUT2D eigenvalue weighted by atomic mass is 9.92. The summed E-state index contributed by atoms with van der Waals surface area (Å²) in [6.07, 6.45) is 3.67. The average Bonchev–Trinajstić information content (AvgIpc) is 2.49. The standard InChI is InChI=1S/C16H17FN2O/c17-13-3-1-11(2-4-13)14-5-8-19-16(15(14)18)12-6-9-20-10-7-12/h1-5,8,12H,6-7,9-10,18H2. The van der Waals surface area contributed by atoms with Gasteiger partial charge in [-0.3, -0.25) is 4.98 Å². The maximum atomic E-state index is 13.0. The Balaban J connectivity index is 1.98. The van der Waals surface area contributed by atoms with Crippen LogP contribution in [0.4, 0.5) is 10.1 Å². The molecule has 0 bridgehead atoms. The number of nitrogen functional groups attached to an aromatic ring is 1. The zero-order valence-electron chi connectivity index (χ0n) is 11.2. The van der Waals surface area contributed by atoms with Gasteiger partial charge >= 0.3 is 0 Å². The third kappa shape index (κ3) is 2.51. The number of hydrogen-bond acceptors (Lipinski definition) is 3. The van der Waals surface area contributed by atoms with Gasteiger partial charge in [0.15, 0.2) is 0 Å². The van der Waals surface area contributed by atoms with E-state index in [4.69, 9.17) is 10.5 Å². The van der Waals surface area contributed by atoms with Crippen molar-refractivity contribution in [2.75, 3.05) is 18.9 Å². The molecular weight excluding hydrogens is 255 g/mol. The summed E-state index contributed by atoms with van der Waals surface area (Å²) in [6.45, 7) is 1.51. The van der Waals surface area contributed by atoms with Crippen molar-refractivity contribution in [3.05, 3.63) is 48.0 Å². The Bertz CT molecular complexity index is 592. The van der Waals surface area contributed by atoms with E-state index in [0.29, 0.717) is 11.6 Å². The van der Waals surface area contributed by atoms with Crippen molar-refractivity contribution in [1.82, 2.24) is 4.98 Å². The molecule has 3 nitrogen and oxygen atoms in total. The number of halogens is 1. The Kier molecular flexibility index (Phi) is 3.65. The summed E-state index contributed by atoms with van der Waals surface area (Å²) in [7, 11) is 0. The van der Waals surface area contributed by atoms with Crippen LogP contribution in [0.5, 0.6) is 0 Å². The van der Waals surface area contributed by atoms with Gasteiger partial charge in [0, 0.05) is 30.9 Å². The minimum absolute atomic E-state index is 0.244. The highest BCUT2D eigenvalue weighted by molar-refractivity contribution is 5.77. The van der Waals surface area contributed by atoms with E-state index < -0.39 is 0 Å². The number of rotatable bonds is 2. The molecular formula is C16H17FN2O. The smallest absolute Gasteiger partial charge is 0.123 e. The van der Waals surface area contributed by atoms with Crippen LogP contribution >= 0.6 is 0 Å². The van der Waals surface area contributed by atoms with Gasteiger partial charge in [0.25, 0.3) is 0 Å². The van der Waals surface area contributed by atoms with Crippen LogP contribution in [0.15, 0.2) is 36.5 Å². The van der Waals surface area contributed by atoms with Crippen LogP contribution < -0.4 is 5.73 Å². The number of benzene rings is 1. The second-order valence-electron chi connectivity index (χ2n) is 5.05. The highest BCUT2D eigenvalue weighted by Crippen LogP contribution is 2.34. The molecule has 0 radical (unpaired) electrons. The van der Waals surface area contributed by atoms with E-state index in [-0.39, 0.29) is 5.82 Å². The van der Waals surface area contributed by atoms with Gasteiger partial charge in [0.2, 0.25) is 0 Å². The summed E-state index contributed by atoms with van der Waals surface area (Å²) in [5.41, 5.74) is 9.76.